The quantitative estimate of drug-likeness (QED) is 0.649. The number of aryl methyl sites for hydroxylation is 1. The number of ether oxygens (including phenoxy) is 1. The van der Waals surface area contributed by atoms with Gasteiger partial charge in [0.15, 0.2) is 0 Å². The Morgan fingerprint density at radius 2 is 2.00 bits per heavy atom. The Morgan fingerprint density at radius 1 is 1.29 bits per heavy atom. The van der Waals surface area contributed by atoms with Crippen LogP contribution >= 0.6 is 0 Å². The zero-order valence-electron chi connectivity index (χ0n) is 8.53. The van der Waals surface area contributed by atoms with Crippen LogP contribution in [0.2, 0.25) is 0 Å². The lowest BCUT2D eigenvalue weighted by Crippen LogP contribution is -2.00. The van der Waals surface area contributed by atoms with Crippen LogP contribution in [-0.2, 0) is 17.6 Å². The van der Waals surface area contributed by atoms with Crippen LogP contribution in [0.15, 0.2) is 4.42 Å². The molecule has 0 amide bonds. The molecule has 1 rings (SSSR count). The molecule has 0 saturated heterocycles. The van der Waals surface area contributed by atoms with Crippen molar-refractivity contribution >= 4 is 0 Å². The second kappa shape index (κ2) is 6.50. The minimum atomic E-state index is 0.634. The van der Waals surface area contributed by atoms with E-state index in [9.17, 15) is 0 Å². The maximum atomic E-state index is 5.37. The van der Waals surface area contributed by atoms with E-state index < -0.39 is 0 Å². The van der Waals surface area contributed by atoms with E-state index in [1.807, 2.05) is 6.92 Å². The summed E-state index contributed by atoms with van der Waals surface area (Å²) in [5.74, 6) is 1.31. The number of hydrogen-bond acceptors (Lipinski definition) is 5. The van der Waals surface area contributed by atoms with Crippen molar-refractivity contribution in [1.82, 2.24) is 10.2 Å². The molecular weight excluding hydrogens is 182 g/mol. The highest BCUT2D eigenvalue weighted by atomic mass is 16.5. The maximum absolute atomic E-state index is 5.37. The zero-order chi connectivity index (χ0) is 10.2. The Morgan fingerprint density at radius 3 is 2.64 bits per heavy atom. The molecule has 5 heteroatoms. The maximum Gasteiger partial charge on any atom is 0.218 e. The predicted molar refractivity (Wildman–Crippen MR) is 51.9 cm³/mol. The van der Waals surface area contributed by atoms with Crippen LogP contribution in [0.1, 0.15) is 25.1 Å². The van der Waals surface area contributed by atoms with E-state index in [1.165, 1.54) is 0 Å². The average molecular weight is 199 g/mol. The molecule has 1 heterocycles. The number of hydrogen-bond donors (Lipinski definition) is 1. The third kappa shape index (κ3) is 3.85. The van der Waals surface area contributed by atoms with Crippen molar-refractivity contribution in [2.45, 2.75) is 26.2 Å². The molecule has 0 fully saturated rings. The highest BCUT2D eigenvalue weighted by Gasteiger charge is 2.04. The summed E-state index contributed by atoms with van der Waals surface area (Å²) in [5, 5.41) is 7.81. The zero-order valence-corrected chi connectivity index (χ0v) is 8.53. The van der Waals surface area contributed by atoms with Crippen molar-refractivity contribution in [1.29, 1.82) is 0 Å². The molecule has 1 aromatic heterocycles. The Hall–Kier alpha value is -0.940. The van der Waals surface area contributed by atoms with Gasteiger partial charge in [0.2, 0.25) is 11.8 Å². The van der Waals surface area contributed by atoms with Gasteiger partial charge in [-0.1, -0.05) is 0 Å². The molecule has 0 unspecified atom stereocenters. The second-order valence-corrected chi connectivity index (χ2v) is 2.93. The van der Waals surface area contributed by atoms with Crippen molar-refractivity contribution in [2.75, 3.05) is 19.8 Å². The normalized spacial score (nSPS) is 10.7. The first kappa shape index (κ1) is 11.1. The first-order valence-electron chi connectivity index (χ1n) is 4.96. The average Bonchev–Trinajstić information content (AvgIpc) is 2.63. The molecule has 0 aromatic carbocycles. The van der Waals surface area contributed by atoms with Gasteiger partial charge in [0.25, 0.3) is 0 Å². The van der Waals surface area contributed by atoms with E-state index in [2.05, 4.69) is 10.2 Å². The van der Waals surface area contributed by atoms with Crippen LogP contribution < -0.4 is 5.73 Å². The summed E-state index contributed by atoms with van der Waals surface area (Å²) in [6.45, 7) is 3.96. The van der Waals surface area contributed by atoms with E-state index in [0.29, 0.717) is 38.0 Å². The fourth-order valence-electron chi connectivity index (χ4n) is 1.05. The molecule has 0 aliphatic heterocycles. The van der Waals surface area contributed by atoms with Crippen molar-refractivity contribution in [3.05, 3.63) is 11.8 Å². The lowest BCUT2D eigenvalue weighted by molar-refractivity contribution is 0.145. The molecule has 80 valence electrons. The van der Waals surface area contributed by atoms with Gasteiger partial charge in [0, 0.05) is 19.4 Å². The standard InChI is InChI=1S/C9H17N3O2/c1-2-13-7-5-9-12-11-8(14-9)4-3-6-10/h2-7,10H2,1H3. The fraction of sp³-hybridized carbons (Fsp3) is 0.778. The number of nitrogens with two attached hydrogens (primary N) is 1. The van der Waals surface area contributed by atoms with Gasteiger partial charge in [-0.15, -0.1) is 10.2 Å². The Bertz CT molecular complexity index is 250. The lowest BCUT2D eigenvalue weighted by atomic mass is 10.3. The van der Waals surface area contributed by atoms with Gasteiger partial charge in [-0.3, -0.25) is 0 Å². The van der Waals surface area contributed by atoms with E-state index in [-0.39, 0.29) is 0 Å². The molecule has 0 saturated carbocycles. The summed E-state index contributed by atoms with van der Waals surface area (Å²) in [6, 6.07) is 0. The van der Waals surface area contributed by atoms with Gasteiger partial charge in [-0.2, -0.15) is 0 Å². The van der Waals surface area contributed by atoms with Gasteiger partial charge in [0.1, 0.15) is 0 Å². The molecule has 14 heavy (non-hydrogen) atoms. The summed E-state index contributed by atoms with van der Waals surface area (Å²) < 4.78 is 10.6. The number of rotatable bonds is 7. The van der Waals surface area contributed by atoms with E-state index in [1.54, 1.807) is 0 Å². The highest BCUT2D eigenvalue weighted by Crippen LogP contribution is 2.03. The molecular formula is C9H17N3O2. The summed E-state index contributed by atoms with van der Waals surface area (Å²) >= 11 is 0. The third-order valence-corrected chi connectivity index (χ3v) is 1.77. The van der Waals surface area contributed by atoms with Crippen LogP contribution in [0.5, 0.6) is 0 Å². The van der Waals surface area contributed by atoms with Gasteiger partial charge in [-0.25, -0.2) is 0 Å². The minimum Gasteiger partial charge on any atom is -0.425 e. The smallest absolute Gasteiger partial charge is 0.218 e. The van der Waals surface area contributed by atoms with Crippen LogP contribution in [0.3, 0.4) is 0 Å². The largest absolute Gasteiger partial charge is 0.425 e. The molecule has 1 aromatic rings. The van der Waals surface area contributed by atoms with Crippen molar-refractivity contribution < 1.29 is 9.15 Å². The van der Waals surface area contributed by atoms with Gasteiger partial charge >= 0.3 is 0 Å². The molecule has 0 radical (unpaired) electrons. The van der Waals surface area contributed by atoms with E-state index in [4.69, 9.17) is 14.9 Å². The molecule has 0 bridgehead atoms. The SMILES string of the molecule is CCOCCc1nnc(CCCN)o1. The summed E-state index contributed by atoms with van der Waals surface area (Å²) in [4.78, 5) is 0. The molecule has 0 aliphatic rings. The third-order valence-electron chi connectivity index (χ3n) is 1.77. The van der Waals surface area contributed by atoms with Crippen LogP contribution in [0.4, 0.5) is 0 Å². The first-order chi connectivity index (χ1) is 6.86. The van der Waals surface area contributed by atoms with E-state index in [0.717, 1.165) is 12.8 Å². The van der Waals surface area contributed by atoms with E-state index >= 15 is 0 Å². The summed E-state index contributed by atoms with van der Waals surface area (Å²) in [7, 11) is 0. The van der Waals surface area contributed by atoms with Crippen molar-refractivity contribution in [2.24, 2.45) is 5.73 Å². The Balaban J connectivity index is 2.27. The van der Waals surface area contributed by atoms with Crippen molar-refractivity contribution in [3.8, 4) is 0 Å². The topological polar surface area (TPSA) is 74.2 Å². The van der Waals surface area contributed by atoms with Crippen LogP contribution in [-0.4, -0.2) is 30.0 Å². The predicted octanol–water partition coefficient (Wildman–Crippen LogP) is 0.540. The van der Waals surface area contributed by atoms with Gasteiger partial charge < -0.3 is 14.9 Å². The Kier molecular flexibility index (Phi) is 5.17. The monoisotopic (exact) mass is 199 g/mol. The molecule has 0 atom stereocenters. The molecule has 0 spiro atoms. The molecule has 2 N–H and O–H groups in total. The summed E-state index contributed by atoms with van der Waals surface area (Å²) in [6.07, 6.45) is 2.33. The second-order valence-electron chi connectivity index (χ2n) is 2.93. The van der Waals surface area contributed by atoms with Gasteiger partial charge in [0.05, 0.1) is 6.61 Å². The Labute approximate surface area is 83.6 Å². The molecule has 5 nitrogen and oxygen atoms in total. The summed E-state index contributed by atoms with van der Waals surface area (Å²) in [5.41, 5.74) is 5.37. The number of aromatic nitrogens is 2. The molecule has 0 aliphatic carbocycles. The number of nitrogens with zero attached hydrogens (tertiary/aromatic N) is 2. The van der Waals surface area contributed by atoms with Gasteiger partial charge in [-0.05, 0) is 19.9 Å². The van der Waals surface area contributed by atoms with Crippen LogP contribution in [0, 0.1) is 0 Å². The fourth-order valence-corrected chi connectivity index (χ4v) is 1.05. The first-order valence-corrected chi connectivity index (χ1v) is 4.96. The highest BCUT2D eigenvalue weighted by molar-refractivity contribution is 4.82. The van der Waals surface area contributed by atoms with Crippen LogP contribution in [0.25, 0.3) is 0 Å². The lowest BCUT2D eigenvalue weighted by Gasteiger charge is -1.95. The van der Waals surface area contributed by atoms with Crippen molar-refractivity contribution in [3.63, 3.8) is 0 Å². The minimum absolute atomic E-state index is 0.634.